The van der Waals surface area contributed by atoms with Crippen LogP contribution in [0.15, 0.2) is 60.0 Å². The molecule has 1 aliphatic heterocycles. The molecule has 1 amide bonds. The van der Waals surface area contributed by atoms with E-state index in [1.807, 2.05) is 35.7 Å². The summed E-state index contributed by atoms with van der Waals surface area (Å²) in [7, 11) is 0. The highest BCUT2D eigenvalue weighted by atomic mass is 35.5. The Morgan fingerprint density at radius 2 is 2.00 bits per heavy atom. The van der Waals surface area contributed by atoms with Gasteiger partial charge in [0.15, 0.2) is 0 Å². The van der Waals surface area contributed by atoms with Gasteiger partial charge in [-0.05, 0) is 11.6 Å². The van der Waals surface area contributed by atoms with Gasteiger partial charge in [-0.2, -0.15) is 0 Å². The van der Waals surface area contributed by atoms with Crippen LogP contribution in [0.2, 0.25) is 5.02 Å². The van der Waals surface area contributed by atoms with Crippen molar-refractivity contribution in [1.29, 1.82) is 0 Å². The molecule has 1 fully saturated rings. The molecule has 2 aromatic carbocycles. The van der Waals surface area contributed by atoms with Crippen LogP contribution in [0.3, 0.4) is 0 Å². The Kier molecular flexibility index (Phi) is 7.12. The number of thiazole rings is 1. The fourth-order valence-electron chi connectivity index (χ4n) is 3.49. The van der Waals surface area contributed by atoms with E-state index < -0.39 is 0 Å². The van der Waals surface area contributed by atoms with Crippen LogP contribution < -0.4 is 5.32 Å². The molecule has 0 spiro atoms. The number of rotatable bonds is 7. The highest BCUT2D eigenvalue weighted by Crippen LogP contribution is 2.30. The number of aromatic nitrogens is 1. The van der Waals surface area contributed by atoms with Crippen LogP contribution in [0, 0.1) is 0 Å². The van der Waals surface area contributed by atoms with Crippen LogP contribution in [0.4, 0.5) is 0 Å². The Morgan fingerprint density at radius 3 is 2.83 bits per heavy atom. The first-order valence-electron chi connectivity index (χ1n) is 10.0. The quantitative estimate of drug-likeness (QED) is 0.601. The van der Waals surface area contributed by atoms with Crippen molar-refractivity contribution in [1.82, 2.24) is 15.2 Å². The molecule has 0 aliphatic carbocycles. The molecule has 3 aromatic rings. The third-order valence-electron chi connectivity index (χ3n) is 5.00. The van der Waals surface area contributed by atoms with E-state index >= 15 is 0 Å². The first kappa shape index (κ1) is 21.0. The van der Waals surface area contributed by atoms with Gasteiger partial charge in [-0.25, -0.2) is 4.98 Å². The van der Waals surface area contributed by atoms with Gasteiger partial charge in [0, 0.05) is 37.1 Å². The highest BCUT2D eigenvalue weighted by Gasteiger charge is 2.21. The number of benzene rings is 2. The second-order valence-corrected chi connectivity index (χ2v) is 8.58. The second kappa shape index (κ2) is 10.2. The van der Waals surface area contributed by atoms with Crippen molar-refractivity contribution in [3.05, 3.63) is 76.3 Å². The maximum absolute atomic E-state index is 12.4. The highest BCUT2D eigenvalue weighted by molar-refractivity contribution is 7.13. The lowest BCUT2D eigenvalue weighted by atomic mass is 10.2. The minimum atomic E-state index is -0.0465. The summed E-state index contributed by atoms with van der Waals surface area (Å²) >= 11 is 7.74. The standard InChI is InChI=1S/C23H24ClN3O2S/c24-21-9-5-4-8-20(21)23-26-18(16-30-23)12-22(28)25-13-19-15-27(10-11-29-19)14-17-6-2-1-3-7-17/h1-9,16,19H,10-15H2,(H,25,28). The van der Waals surface area contributed by atoms with Crippen LogP contribution >= 0.6 is 22.9 Å². The zero-order valence-corrected chi connectivity index (χ0v) is 18.2. The molecule has 1 aliphatic rings. The molecule has 1 atom stereocenters. The van der Waals surface area contributed by atoms with Gasteiger partial charge in [0.1, 0.15) is 5.01 Å². The Balaban J connectivity index is 1.25. The molecular formula is C23H24ClN3O2S. The first-order chi connectivity index (χ1) is 14.7. The van der Waals surface area contributed by atoms with Crippen LogP contribution in [-0.4, -0.2) is 48.1 Å². The molecule has 30 heavy (non-hydrogen) atoms. The summed E-state index contributed by atoms with van der Waals surface area (Å²) < 4.78 is 5.84. The van der Waals surface area contributed by atoms with Crippen molar-refractivity contribution in [3.8, 4) is 10.6 Å². The van der Waals surface area contributed by atoms with Crippen LogP contribution in [-0.2, 0) is 22.5 Å². The SMILES string of the molecule is O=C(Cc1csc(-c2ccccc2Cl)n1)NCC1CN(Cc2ccccc2)CCO1. The molecule has 2 heterocycles. The number of nitrogens with one attached hydrogen (secondary N) is 1. The maximum atomic E-state index is 12.4. The Labute approximate surface area is 185 Å². The summed E-state index contributed by atoms with van der Waals surface area (Å²) in [5.41, 5.74) is 2.94. The van der Waals surface area contributed by atoms with Crippen LogP contribution in [0.25, 0.3) is 10.6 Å². The summed E-state index contributed by atoms with van der Waals surface area (Å²) in [6, 6.07) is 18.0. The van der Waals surface area contributed by atoms with Crippen molar-refractivity contribution in [2.75, 3.05) is 26.2 Å². The fourth-order valence-corrected chi connectivity index (χ4v) is 4.63. The van der Waals surface area contributed by atoms with Crippen molar-refractivity contribution in [3.63, 3.8) is 0 Å². The molecule has 156 valence electrons. The fraction of sp³-hybridized carbons (Fsp3) is 0.304. The van der Waals surface area contributed by atoms with E-state index in [0.29, 0.717) is 18.2 Å². The lowest BCUT2D eigenvalue weighted by Crippen LogP contribution is -2.47. The van der Waals surface area contributed by atoms with Gasteiger partial charge in [0.25, 0.3) is 0 Å². The van der Waals surface area contributed by atoms with Gasteiger partial charge in [0.05, 0.1) is 29.8 Å². The molecule has 1 saturated heterocycles. The Bertz CT molecular complexity index is 979. The number of carbonyl (C=O) groups excluding carboxylic acids is 1. The summed E-state index contributed by atoms with van der Waals surface area (Å²) in [6.07, 6.45) is 0.252. The third-order valence-corrected chi connectivity index (χ3v) is 6.25. The number of hydrogen-bond donors (Lipinski definition) is 1. The van der Waals surface area contributed by atoms with Gasteiger partial charge in [-0.1, -0.05) is 60.1 Å². The topological polar surface area (TPSA) is 54.5 Å². The van der Waals surface area contributed by atoms with E-state index in [9.17, 15) is 4.79 Å². The van der Waals surface area contributed by atoms with Gasteiger partial charge < -0.3 is 10.1 Å². The van der Waals surface area contributed by atoms with Crippen molar-refractivity contribution < 1.29 is 9.53 Å². The molecule has 1 unspecified atom stereocenters. The van der Waals surface area contributed by atoms with Crippen LogP contribution in [0.1, 0.15) is 11.3 Å². The molecule has 0 bridgehead atoms. The summed E-state index contributed by atoms with van der Waals surface area (Å²) in [4.78, 5) is 19.3. The normalized spacial score (nSPS) is 17.0. The number of nitrogens with zero attached hydrogens (tertiary/aromatic N) is 2. The van der Waals surface area contributed by atoms with Gasteiger partial charge in [-0.15, -0.1) is 11.3 Å². The average molecular weight is 442 g/mol. The average Bonchev–Trinajstić information content (AvgIpc) is 3.22. The maximum Gasteiger partial charge on any atom is 0.226 e. The number of hydrogen-bond acceptors (Lipinski definition) is 5. The Hall–Kier alpha value is -2.25. The second-order valence-electron chi connectivity index (χ2n) is 7.32. The first-order valence-corrected chi connectivity index (χ1v) is 11.3. The van der Waals surface area contributed by atoms with Crippen LogP contribution in [0.5, 0.6) is 0 Å². The van der Waals surface area contributed by atoms with Crippen molar-refractivity contribution >= 4 is 28.8 Å². The molecule has 1 aromatic heterocycles. The van der Waals surface area contributed by atoms with E-state index in [-0.39, 0.29) is 18.4 Å². The van der Waals surface area contributed by atoms with Crippen molar-refractivity contribution in [2.45, 2.75) is 19.1 Å². The molecule has 4 rings (SSSR count). The number of amides is 1. The molecule has 1 N–H and O–H groups in total. The monoisotopic (exact) mass is 441 g/mol. The summed E-state index contributed by atoms with van der Waals surface area (Å²) in [6.45, 7) is 3.80. The smallest absolute Gasteiger partial charge is 0.226 e. The molecule has 0 saturated carbocycles. The predicted molar refractivity (Wildman–Crippen MR) is 121 cm³/mol. The number of halogens is 1. The lowest BCUT2D eigenvalue weighted by Gasteiger charge is -2.33. The zero-order valence-electron chi connectivity index (χ0n) is 16.6. The number of ether oxygens (including phenoxy) is 1. The Morgan fingerprint density at radius 1 is 1.20 bits per heavy atom. The minimum absolute atomic E-state index is 0.000493. The van der Waals surface area contributed by atoms with E-state index in [0.717, 1.165) is 35.9 Å². The van der Waals surface area contributed by atoms with Gasteiger partial charge in [0.2, 0.25) is 5.91 Å². The van der Waals surface area contributed by atoms with Gasteiger partial charge in [-0.3, -0.25) is 9.69 Å². The van der Waals surface area contributed by atoms with E-state index in [4.69, 9.17) is 16.3 Å². The third kappa shape index (κ3) is 5.67. The summed E-state index contributed by atoms with van der Waals surface area (Å²) in [5, 5.41) is 6.40. The predicted octanol–water partition coefficient (Wildman–Crippen LogP) is 4.02. The molecule has 5 nitrogen and oxygen atoms in total. The molecule has 0 radical (unpaired) electrons. The molecule has 7 heteroatoms. The lowest BCUT2D eigenvalue weighted by molar-refractivity contribution is -0.121. The zero-order chi connectivity index (χ0) is 20.8. The minimum Gasteiger partial charge on any atom is -0.374 e. The molecular weight excluding hydrogens is 418 g/mol. The van der Waals surface area contributed by atoms with E-state index in [2.05, 4.69) is 39.5 Å². The number of carbonyl (C=O) groups is 1. The van der Waals surface area contributed by atoms with Gasteiger partial charge >= 0.3 is 0 Å². The number of morpholine rings is 1. The summed E-state index contributed by atoms with van der Waals surface area (Å²) in [5.74, 6) is -0.0465. The van der Waals surface area contributed by atoms with Crippen molar-refractivity contribution in [2.24, 2.45) is 0 Å². The largest absolute Gasteiger partial charge is 0.374 e. The van der Waals surface area contributed by atoms with E-state index in [1.165, 1.54) is 16.9 Å². The van der Waals surface area contributed by atoms with E-state index in [1.54, 1.807) is 0 Å².